The molecule has 0 bridgehead atoms. The van der Waals surface area contributed by atoms with Crippen LogP contribution in [0.5, 0.6) is 0 Å². The van der Waals surface area contributed by atoms with Crippen LogP contribution in [0, 0.1) is 11.7 Å². The minimum absolute atomic E-state index is 0.0311. The van der Waals surface area contributed by atoms with E-state index in [1.54, 1.807) is 41.3 Å². The van der Waals surface area contributed by atoms with Gasteiger partial charge in [0.1, 0.15) is 5.82 Å². The van der Waals surface area contributed by atoms with Crippen LogP contribution in [0.3, 0.4) is 0 Å². The van der Waals surface area contributed by atoms with Crippen LogP contribution in [0.4, 0.5) is 15.8 Å². The number of halogens is 2. The highest BCUT2D eigenvalue weighted by Gasteiger charge is 2.37. The van der Waals surface area contributed by atoms with E-state index in [1.807, 2.05) is 4.90 Å². The Morgan fingerprint density at radius 2 is 1.54 bits per heavy atom. The van der Waals surface area contributed by atoms with E-state index in [1.165, 1.54) is 12.1 Å². The molecule has 2 saturated heterocycles. The van der Waals surface area contributed by atoms with Gasteiger partial charge in [-0.1, -0.05) is 11.6 Å². The van der Waals surface area contributed by atoms with Gasteiger partial charge in [-0.3, -0.25) is 9.59 Å². The van der Waals surface area contributed by atoms with Gasteiger partial charge in [-0.25, -0.2) is 4.39 Å². The number of carbonyl (C=O) groups is 2. The van der Waals surface area contributed by atoms with E-state index in [0.717, 1.165) is 11.4 Å². The van der Waals surface area contributed by atoms with E-state index >= 15 is 0 Å². The zero-order chi connectivity index (χ0) is 19.7. The Kier molecular flexibility index (Phi) is 5.22. The summed E-state index contributed by atoms with van der Waals surface area (Å²) in [4.78, 5) is 31.0. The molecule has 0 aromatic heterocycles. The quantitative estimate of drug-likeness (QED) is 0.793. The number of piperazine rings is 1. The maximum Gasteiger partial charge on any atom is 0.228 e. The van der Waals surface area contributed by atoms with Gasteiger partial charge in [-0.05, 0) is 48.5 Å². The summed E-state index contributed by atoms with van der Waals surface area (Å²) in [5, 5.41) is 0.613. The highest BCUT2D eigenvalue weighted by atomic mass is 35.5. The van der Waals surface area contributed by atoms with Crippen LogP contribution >= 0.6 is 11.6 Å². The van der Waals surface area contributed by atoms with E-state index in [9.17, 15) is 14.0 Å². The monoisotopic (exact) mass is 401 g/mol. The molecule has 1 atom stereocenters. The van der Waals surface area contributed by atoms with Crippen molar-refractivity contribution >= 4 is 34.8 Å². The van der Waals surface area contributed by atoms with Crippen LogP contribution in [-0.4, -0.2) is 49.4 Å². The molecule has 2 aliphatic rings. The van der Waals surface area contributed by atoms with Crippen molar-refractivity contribution < 1.29 is 14.0 Å². The molecule has 2 aromatic rings. The van der Waals surface area contributed by atoms with Gasteiger partial charge in [0.15, 0.2) is 0 Å². The van der Waals surface area contributed by atoms with E-state index < -0.39 is 0 Å². The van der Waals surface area contributed by atoms with E-state index in [4.69, 9.17) is 11.6 Å². The fourth-order valence-electron chi connectivity index (χ4n) is 3.84. The fourth-order valence-corrected chi connectivity index (χ4v) is 3.96. The average Bonchev–Trinajstić information content (AvgIpc) is 3.10. The zero-order valence-electron chi connectivity index (χ0n) is 15.4. The lowest BCUT2D eigenvalue weighted by Gasteiger charge is -2.37. The first kappa shape index (κ1) is 18.7. The van der Waals surface area contributed by atoms with Gasteiger partial charge in [0.05, 0.1) is 5.92 Å². The summed E-state index contributed by atoms with van der Waals surface area (Å²) < 4.78 is 13.1. The molecule has 0 radical (unpaired) electrons. The van der Waals surface area contributed by atoms with Gasteiger partial charge >= 0.3 is 0 Å². The maximum absolute atomic E-state index is 13.1. The Labute approximate surface area is 168 Å². The smallest absolute Gasteiger partial charge is 0.228 e. The van der Waals surface area contributed by atoms with Crippen molar-refractivity contribution in [2.75, 3.05) is 42.5 Å². The van der Waals surface area contributed by atoms with Gasteiger partial charge in [0.2, 0.25) is 11.8 Å². The number of amides is 2. The summed E-state index contributed by atoms with van der Waals surface area (Å²) in [6, 6.07) is 13.5. The summed E-state index contributed by atoms with van der Waals surface area (Å²) in [5.41, 5.74) is 1.73. The number of benzene rings is 2. The summed E-state index contributed by atoms with van der Waals surface area (Å²) >= 11 is 5.91. The average molecular weight is 402 g/mol. The molecular weight excluding hydrogens is 381 g/mol. The Hall–Kier alpha value is -2.60. The first-order valence-corrected chi connectivity index (χ1v) is 9.74. The standard InChI is InChI=1S/C21H21ClFN3O2/c22-16-1-5-19(6-2-16)26-14-15(13-20(26)27)21(28)25-11-9-24(10-12-25)18-7-3-17(23)4-8-18/h1-8,15H,9-14H2/t15-/m1/s1. The van der Waals surface area contributed by atoms with Crippen LogP contribution in [0.25, 0.3) is 0 Å². The molecule has 2 amide bonds. The normalized spacial score (nSPS) is 20.0. The number of rotatable bonds is 3. The lowest BCUT2D eigenvalue weighted by Crippen LogP contribution is -2.50. The van der Waals surface area contributed by atoms with Crippen LogP contribution in [0.15, 0.2) is 48.5 Å². The topological polar surface area (TPSA) is 43.9 Å². The molecule has 7 heteroatoms. The van der Waals surface area contributed by atoms with Gasteiger partial charge in [-0.2, -0.15) is 0 Å². The lowest BCUT2D eigenvalue weighted by molar-refractivity contribution is -0.136. The molecule has 0 N–H and O–H groups in total. The first-order valence-electron chi connectivity index (χ1n) is 9.36. The second-order valence-electron chi connectivity index (χ2n) is 7.17. The largest absolute Gasteiger partial charge is 0.368 e. The van der Waals surface area contributed by atoms with Crippen molar-refractivity contribution in [3.8, 4) is 0 Å². The minimum Gasteiger partial charge on any atom is -0.368 e. The minimum atomic E-state index is -0.319. The Bertz CT molecular complexity index is 864. The Morgan fingerprint density at radius 3 is 2.18 bits per heavy atom. The number of hydrogen-bond donors (Lipinski definition) is 0. The van der Waals surface area contributed by atoms with Crippen molar-refractivity contribution in [2.24, 2.45) is 5.92 Å². The maximum atomic E-state index is 13.1. The van der Waals surface area contributed by atoms with Gasteiger partial charge < -0.3 is 14.7 Å². The van der Waals surface area contributed by atoms with E-state index in [2.05, 4.69) is 4.90 Å². The second kappa shape index (κ2) is 7.80. The molecule has 28 heavy (non-hydrogen) atoms. The molecule has 0 unspecified atom stereocenters. The van der Waals surface area contributed by atoms with Crippen molar-refractivity contribution in [3.63, 3.8) is 0 Å². The summed E-state index contributed by atoms with van der Waals surface area (Å²) in [5.74, 6) is -0.580. The molecule has 2 fully saturated rings. The number of nitrogens with zero attached hydrogens (tertiary/aromatic N) is 3. The van der Waals surface area contributed by atoms with Crippen LogP contribution in [0.1, 0.15) is 6.42 Å². The second-order valence-corrected chi connectivity index (χ2v) is 7.61. The van der Waals surface area contributed by atoms with E-state index in [-0.39, 0.29) is 30.0 Å². The highest BCUT2D eigenvalue weighted by Crippen LogP contribution is 2.28. The van der Waals surface area contributed by atoms with Gasteiger partial charge in [-0.15, -0.1) is 0 Å². The molecular formula is C21H21ClFN3O2. The van der Waals surface area contributed by atoms with Gasteiger partial charge in [0.25, 0.3) is 0 Å². The zero-order valence-corrected chi connectivity index (χ0v) is 16.1. The van der Waals surface area contributed by atoms with Crippen molar-refractivity contribution in [1.29, 1.82) is 0 Å². The molecule has 2 aliphatic heterocycles. The van der Waals surface area contributed by atoms with Crippen LogP contribution < -0.4 is 9.80 Å². The SMILES string of the molecule is O=C([C@@H]1CC(=O)N(c2ccc(Cl)cc2)C1)N1CCN(c2ccc(F)cc2)CC1. The summed E-state index contributed by atoms with van der Waals surface area (Å²) in [7, 11) is 0. The first-order chi connectivity index (χ1) is 13.5. The van der Waals surface area contributed by atoms with Crippen LogP contribution in [-0.2, 0) is 9.59 Å². The molecule has 0 saturated carbocycles. The molecule has 2 heterocycles. The molecule has 4 rings (SSSR count). The fraction of sp³-hybridized carbons (Fsp3) is 0.333. The predicted octanol–water partition coefficient (Wildman–Crippen LogP) is 3.18. The predicted molar refractivity (Wildman–Crippen MR) is 107 cm³/mol. The van der Waals surface area contributed by atoms with Crippen molar-refractivity contribution in [1.82, 2.24) is 4.90 Å². The van der Waals surface area contributed by atoms with E-state index in [0.29, 0.717) is 37.7 Å². The molecule has 2 aromatic carbocycles. The van der Waals surface area contributed by atoms with Crippen molar-refractivity contribution in [2.45, 2.75) is 6.42 Å². The number of carbonyl (C=O) groups excluding carboxylic acids is 2. The molecule has 5 nitrogen and oxygen atoms in total. The Morgan fingerprint density at radius 1 is 0.929 bits per heavy atom. The third-order valence-corrected chi connectivity index (χ3v) is 5.65. The molecule has 0 aliphatic carbocycles. The van der Waals surface area contributed by atoms with Crippen LogP contribution in [0.2, 0.25) is 5.02 Å². The van der Waals surface area contributed by atoms with Crippen molar-refractivity contribution in [3.05, 3.63) is 59.4 Å². The third-order valence-electron chi connectivity index (χ3n) is 5.40. The molecule has 146 valence electrons. The lowest BCUT2D eigenvalue weighted by atomic mass is 10.1. The number of anilines is 2. The molecule has 0 spiro atoms. The summed E-state index contributed by atoms with van der Waals surface area (Å²) in [6.07, 6.45) is 0.236. The Balaban J connectivity index is 1.36. The number of hydrogen-bond acceptors (Lipinski definition) is 3. The third kappa shape index (κ3) is 3.83. The van der Waals surface area contributed by atoms with Gasteiger partial charge in [0, 0.05) is 55.5 Å². The summed E-state index contributed by atoms with van der Waals surface area (Å²) in [6.45, 7) is 2.99. The highest BCUT2D eigenvalue weighted by molar-refractivity contribution is 6.30.